The van der Waals surface area contributed by atoms with Crippen LogP contribution in [-0.4, -0.2) is 47.4 Å². The Kier molecular flexibility index (Phi) is 71.3. The predicted octanol–water partition coefficient (Wildman–Crippen LogP) is 24.9. The van der Waals surface area contributed by atoms with Gasteiger partial charge in [-0.15, -0.1) is 0 Å². The summed E-state index contributed by atoms with van der Waals surface area (Å²) in [7, 11) is 0. The van der Waals surface area contributed by atoms with Crippen LogP contribution in [0.25, 0.3) is 0 Å². The highest BCUT2D eigenvalue weighted by Gasteiger charge is 2.20. The zero-order chi connectivity index (χ0) is 59.2. The number of carbonyl (C=O) groups excluding carboxylic acids is 2. The van der Waals surface area contributed by atoms with Gasteiger partial charge >= 0.3 is 5.97 Å². The summed E-state index contributed by atoms with van der Waals surface area (Å²) in [6.07, 6.45) is 88.9. The van der Waals surface area contributed by atoms with E-state index in [0.29, 0.717) is 25.9 Å². The van der Waals surface area contributed by atoms with Crippen molar-refractivity contribution in [1.82, 2.24) is 5.32 Å². The molecule has 0 aromatic carbocycles. The number of hydrogen-bond acceptors (Lipinski definition) is 5. The Balaban J connectivity index is 3.32. The predicted molar refractivity (Wildman–Crippen MR) is 361 cm³/mol. The van der Waals surface area contributed by atoms with Crippen molar-refractivity contribution >= 4 is 11.9 Å². The summed E-state index contributed by atoms with van der Waals surface area (Å²) in [5.74, 6) is -0.00174. The minimum absolute atomic E-state index is 0.0244. The third-order valence-electron chi connectivity index (χ3n) is 18.4. The van der Waals surface area contributed by atoms with Gasteiger partial charge in [-0.2, -0.15) is 0 Å². The number of aliphatic hydroxyl groups is 2. The second-order valence-corrected chi connectivity index (χ2v) is 26.7. The Morgan fingerprint density at radius 3 is 0.744 bits per heavy atom. The monoisotopic (exact) mass is 1160 g/mol. The lowest BCUT2D eigenvalue weighted by Gasteiger charge is -2.22. The van der Waals surface area contributed by atoms with Gasteiger partial charge in [0.1, 0.15) is 0 Å². The number of ether oxygens (including phenoxy) is 1. The van der Waals surface area contributed by atoms with Gasteiger partial charge in [0, 0.05) is 12.8 Å². The highest BCUT2D eigenvalue weighted by atomic mass is 16.5. The van der Waals surface area contributed by atoms with Crippen LogP contribution in [0.1, 0.15) is 450 Å². The number of rotatable bonds is 73. The molecule has 1 amide bonds. The Labute approximate surface area is 515 Å². The molecular weight excluding hydrogens is 1010 g/mol. The van der Waals surface area contributed by atoms with Gasteiger partial charge in [-0.3, -0.25) is 9.59 Å². The summed E-state index contributed by atoms with van der Waals surface area (Å²) >= 11 is 0. The number of unbranched alkanes of at least 4 members (excludes halogenated alkanes) is 62. The normalized spacial score (nSPS) is 12.4. The Hall–Kier alpha value is -1.14. The van der Waals surface area contributed by atoms with E-state index in [1.165, 1.54) is 379 Å². The summed E-state index contributed by atoms with van der Waals surface area (Å²) in [6, 6.07) is -0.539. The van der Waals surface area contributed by atoms with Gasteiger partial charge in [-0.25, -0.2) is 0 Å². The van der Waals surface area contributed by atoms with Crippen LogP contribution in [0.2, 0.25) is 0 Å². The van der Waals surface area contributed by atoms with Crippen molar-refractivity contribution < 1.29 is 24.5 Å². The second-order valence-electron chi connectivity index (χ2n) is 26.7. The molecular formula is C76H151NO5. The number of esters is 1. The molecule has 490 valence electrons. The maximum Gasteiger partial charge on any atom is 0.305 e. The molecule has 0 heterocycles. The van der Waals surface area contributed by atoms with Gasteiger partial charge < -0.3 is 20.3 Å². The van der Waals surface area contributed by atoms with E-state index >= 15 is 0 Å². The highest BCUT2D eigenvalue weighted by Crippen LogP contribution is 2.20. The van der Waals surface area contributed by atoms with Gasteiger partial charge in [-0.05, 0) is 25.7 Å². The number of aliphatic hydroxyl groups excluding tert-OH is 2. The molecule has 0 aliphatic rings. The molecule has 0 fully saturated rings. The molecule has 0 aromatic rings. The van der Waals surface area contributed by atoms with E-state index in [1.807, 2.05) is 0 Å². The van der Waals surface area contributed by atoms with Crippen molar-refractivity contribution in [2.24, 2.45) is 0 Å². The zero-order valence-corrected chi connectivity index (χ0v) is 56.3. The fourth-order valence-electron chi connectivity index (χ4n) is 12.6. The molecule has 0 aromatic heterocycles. The second kappa shape index (κ2) is 72.3. The summed E-state index contributed by atoms with van der Waals surface area (Å²) in [4.78, 5) is 24.7. The van der Waals surface area contributed by atoms with Crippen molar-refractivity contribution in [2.75, 3.05) is 13.2 Å². The number of carbonyl (C=O) groups is 2. The lowest BCUT2D eigenvalue weighted by molar-refractivity contribution is -0.143. The molecule has 0 aliphatic carbocycles. The molecule has 6 nitrogen and oxygen atoms in total. The Bertz CT molecular complexity index is 1200. The highest BCUT2D eigenvalue weighted by molar-refractivity contribution is 5.76. The summed E-state index contributed by atoms with van der Waals surface area (Å²) in [6.45, 7) is 5.02. The summed E-state index contributed by atoms with van der Waals surface area (Å²) < 4.78 is 5.51. The van der Waals surface area contributed by atoms with Crippen LogP contribution in [0, 0.1) is 0 Å². The van der Waals surface area contributed by atoms with Crippen LogP contribution in [0.5, 0.6) is 0 Å². The van der Waals surface area contributed by atoms with E-state index in [-0.39, 0.29) is 18.5 Å². The van der Waals surface area contributed by atoms with Crippen LogP contribution in [-0.2, 0) is 14.3 Å². The first-order valence-electron chi connectivity index (χ1n) is 38.3. The first-order chi connectivity index (χ1) is 40.5. The Morgan fingerprint density at radius 1 is 0.293 bits per heavy atom. The van der Waals surface area contributed by atoms with E-state index in [1.54, 1.807) is 0 Å². The molecule has 0 spiro atoms. The standard InChI is InChI=1S/C76H151NO5/c1-3-5-7-9-11-13-15-17-19-21-22-33-37-40-44-48-52-56-60-64-68-74(79)73(72-78)77-75(80)69-65-61-57-53-49-45-41-38-34-31-29-27-25-23-24-26-28-30-32-35-39-43-47-51-55-59-63-67-71-82-76(81)70-66-62-58-54-50-46-42-36-20-18-16-14-12-10-8-6-4-2/h73-74,78-79H,3-72H2,1-2H3,(H,77,80). The molecule has 0 bridgehead atoms. The molecule has 2 atom stereocenters. The lowest BCUT2D eigenvalue weighted by Crippen LogP contribution is -2.45. The van der Waals surface area contributed by atoms with E-state index in [4.69, 9.17) is 4.74 Å². The van der Waals surface area contributed by atoms with Crippen molar-refractivity contribution in [1.29, 1.82) is 0 Å². The molecule has 0 saturated heterocycles. The molecule has 82 heavy (non-hydrogen) atoms. The minimum atomic E-state index is -0.662. The van der Waals surface area contributed by atoms with Gasteiger partial charge in [0.15, 0.2) is 0 Å². The van der Waals surface area contributed by atoms with E-state index in [9.17, 15) is 19.8 Å². The fraction of sp³-hybridized carbons (Fsp3) is 0.974. The Morgan fingerprint density at radius 2 is 0.500 bits per heavy atom. The molecule has 0 radical (unpaired) electrons. The molecule has 3 N–H and O–H groups in total. The minimum Gasteiger partial charge on any atom is -0.466 e. The van der Waals surface area contributed by atoms with Crippen LogP contribution in [0.15, 0.2) is 0 Å². The van der Waals surface area contributed by atoms with Gasteiger partial charge in [0.25, 0.3) is 0 Å². The van der Waals surface area contributed by atoms with E-state index < -0.39 is 12.1 Å². The maximum absolute atomic E-state index is 12.6. The average molecular weight is 1160 g/mol. The first-order valence-corrected chi connectivity index (χ1v) is 38.3. The molecule has 0 saturated carbocycles. The first kappa shape index (κ1) is 80.9. The van der Waals surface area contributed by atoms with Gasteiger partial charge in [0.2, 0.25) is 5.91 Å². The summed E-state index contributed by atoms with van der Waals surface area (Å²) in [5.41, 5.74) is 0. The van der Waals surface area contributed by atoms with Crippen LogP contribution >= 0.6 is 0 Å². The van der Waals surface area contributed by atoms with Crippen molar-refractivity contribution in [2.45, 2.75) is 463 Å². The van der Waals surface area contributed by atoms with Crippen molar-refractivity contribution in [3.63, 3.8) is 0 Å². The molecule has 0 aliphatic heterocycles. The molecule has 2 unspecified atom stereocenters. The van der Waals surface area contributed by atoms with E-state index in [2.05, 4.69) is 19.2 Å². The van der Waals surface area contributed by atoms with Crippen LogP contribution < -0.4 is 5.32 Å². The smallest absolute Gasteiger partial charge is 0.305 e. The number of nitrogens with one attached hydrogen (secondary N) is 1. The quantitative estimate of drug-likeness (QED) is 0.0417. The van der Waals surface area contributed by atoms with Crippen LogP contribution in [0.4, 0.5) is 0 Å². The SMILES string of the molecule is CCCCCCCCCCCCCCCCCCCCCCC(O)C(CO)NC(=O)CCCCCCCCCCCCCCCCCCCCCCCCCCCCCCOC(=O)CCCCCCCCCCCCCCCCCCC. The average Bonchev–Trinajstić information content (AvgIpc) is 3.48. The molecule has 6 heteroatoms. The third-order valence-corrected chi connectivity index (χ3v) is 18.4. The van der Waals surface area contributed by atoms with Crippen molar-refractivity contribution in [3.8, 4) is 0 Å². The molecule has 0 rings (SSSR count). The topological polar surface area (TPSA) is 95.9 Å². The zero-order valence-electron chi connectivity index (χ0n) is 56.3. The van der Waals surface area contributed by atoms with Gasteiger partial charge in [-0.1, -0.05) is 412 Å². The van der Waals surface area contributed by atoms with Gasteiger partial charge in [0.05, 0.1) is 25.4 Å². The number of hydrogen-bond donors (Lipinski definition) is 3. The van der Waals surface area contributed by atoms with E-state index in [0.717, 1.165) is 38.5 Å². The third kappa shape index (κ3) is 68.0. The lowest BCUT2D eigenvalue weighted by atomic mass is 10.0. The van der Waals surface area contributed by atoms with Crippen molar-refractivity contribution in [3.05, 3.63) is 0 Å². The maximum atomic E-state index is 12.6. The summed E-state index contributed by atoms with van der Waals surface area (Å²) in [5, 5.41) is 23.4. The number of amides is 1. The van der Waals surface area contributed by atoms with Crippen LogP contribution in [0.3, 0.4) is 0 Å². The largest absolute Gasteiger partial charge is 0.466 e. The fourth-order valence-corrected chi connectivity index (χ4v) is 12.6.